The molecule has 11 heavy (non-hydrogen) atoms. The second-order valence-corrected chi connectivity index (χ2v) is 2.03. The Kier molecular flexibility index (Phi) is 2.17. The number of nitrogens with zero attached hydrogens (tertiary/aromatic N) is 2. The minimum atomic E-state index is -0.569. The number of rotatable bonds is 3. The molecule has 1 aromatic heterocycles. The number of nitrogens with one attached hydrogen (secondary N) is 1. The van der Waals surface area contributed by atoms with Crippen molar-refractivity contribution in [1.29, 1.82) is 0 Å². The summed E-state index contributed by atoms with van der Waals surface area (Å²) in [7, 11) is 0. The van der Waals surface area contributed by atoms with Gasteiger partial charge >= 0.3 is 5.95 Å². The molecule has 0 unspecified atom stereocenters. The van der Waals surface area contributed by atoms with Gasteiger partial charge in [0.15, 0.2) is 0 Å². The number of aromatic amines is 1. The van der Waals surface area contributed by atoms with E-state index < -0.39 is 4.92 Å². The van der Waals surface area contributed by atoms with E-state index in [1.54, 1.807) is 0 Å². The summed E-state index contributed by atoms with van der Waals surface area (Å²) >= 11 is 0. The number of H-pyrrole nitrogens is 1. The second kappa shape index (κ2) is 3.11. The third kappa shape index (κ3) is 1.74. The molecule has 0 amide bonds. The van der Waals surface area contributed by atoms with Crippen LogP contribution >= 0.6 is 0 Å². The molecule has 60 valence electrons. The molecule has 6 nitrogen and oxygen atoms in total. The van der Waals surface area contributed by atoms with E-state index in [0.717, 1.165) is 0 Å². The summed E-state index contributed by atoms with van der Waals surface area (Å²) in [4.78, 5) is 15.6. The molecule has 0 fully saturated rings. The van der Waals surface area contributed by atoms with Crippen LogP contribution in [0.1, 0.15) is 5.69 Å². The van der Waals surface area contributed by atoms with Crippen molar-refractivity contribution in [3.63, 3.8) is 0 Å². The third-order valence-corrected chi connectivity index (χ3v) is 1.20. The zero-order valence-electron chi connectivity index (χ0n) is 5.78. The number of imidazole rings is 1. The Bertz CT molecular complexity index is 257. The molecule has 0 saturated carbocycles. The molecule has 0 aliphatic carbocycles. The Hall–Kier alpha value is -1.43. The van der Waals surface area contributed by atoms with Crippen LogP contribution in [0.15, 0.2) is 6.20 Å². The van der Waals surface area contributed by atoms with Crippen molar-refractivity contribution in [2.24, 2.45) is 5.73 Å². The van der Waals surface area contributed by atoms with Crippen LogP contribution in [0.3, 0.4) is 0 Å². The summed E-state index contributed by atoms with van der Waals surface area (Å²) in [5.41, 5.74) is 5.92. The molecular weight excluding hydrogens is 148 g/mol. The normalized spacial score (nSPS) is 9.91. The number of hydrogen-bond donors (Lipinski definition) is 2. The molecule has 0 spiro atoms. The lowest BCUT2D eigenvalue weighted by atomic mass is 10.3. The van der Waals surface area contributed by atoms with Gasteiger partial charge in [0, 0.05) is 6.42 Å². The molecule has 0 aliphatic heterocycles. The number of nitrogens with two attached hydrogens (primary N) is 1. The monoisotopic (exact) mass is 156 g/mol. The predicted octanol–water partition coefficient (Wildman–Crippen LogP) is -0.181. The smallest absolute Gasteiger partial charge is 0.390 e. The van der Waals surface area contributed by atoms with Gasteiger partial charge < -0.3 is 15.8 Å². The molecule has 0 saturated heterocycles. The van der Waals surface area contributed by atoms with E-state index in [1.165, 1.54) is 6.20 Å². The van der Waals surface area contributed by atoms with Crippen LogP contribution < -0.4 is 5.73 Å². The zero-order valence-corrected chi connectivity index (χ0v) is 5.78. The summed E-state index contributed by atoms with van der Waals surface area (Å²) < 4.78 is 0. The van der Waals surface area contributed by atoms with Crippen LogP contribution in [0.25, 0.3) is 0 Å². The fourth-order valence-electron chi connectivity index (χ4n) is 0.723. The minimum Gasteiger partial charge on any atom is -0.390 e. The van der Waals surface area contributed by atoms with Crippen molar-refractivity contribution in [1.82, 2.24) is 9.97 Å². The lowest BCUT2D eigenvalue weighted by Gasteiger charge is -1.87. The highest BCUT2D eigenvalue weighted by Crippen LogP contribution is 2.04. The van der Waals surface area contributed by atoms with Crippen LogP contribution in [0.5, 0.6) is 0 Å². The van der Waals surface area contributed by atoms with Crippen LogP contribution in [0.2, 0.25) is 0 Å². The topological polar surface area (TPSA) is 97.8 Å². The van der Waals surface area contributed by atoms with Gasteiger partial charge in [-0.15, -0.1) is 0 Å². The molecule has 1 aromatic rings. The summed E-state index contributed by atoms with van der Waals surface area (Å²) in [6.07, 6.45) is 2.01. The standard InChI is InChI=1S/C5H8N4O2/c6-2-1-4-3-7-5(8-4)9(10)11/h3H,1-2,6H2,(H,7,8). The van der Waals surface area contributed by atoms with E-state index >= 15 is 0 Å². The van der Waals surface area contributed by atoms with Crippen LogP contribution in [-0.4, -0.2) is 21.4 Å². The van der Waals surface area contributed by atoms with Crippen LogP contribution in [-0.2, 0) is 6.42 Å². The van der Waals surface area contributed by atoms with Crippen LogP contribution in [0, 0.1) is 10.1 Å². The summed E-state index contributed by atoms with van der Waals surface area (Å²) in [6, 6.07) is 0. The highest BCUT2D eigenvalue weighted by molar-refractivity contribution is 5.10. The first-order chi connectivity index (χ1) is 5.24. The van der Waals surface area contributed by atoms with Crippen molar-refractivity contribution in [3.8, 4) is 0 Å². The van der Waals surface area contributed by atoms with Crippen molar-refractivity contribution in [2.45, 2.75) is 6.42 Å². The van der Waals surface area contributed by atoms with Gasteiger partial charge in [-0.3, -0.25) is 0 Å². The summed E-state index contributed by atoms with van der Waals surface area (Å²) in [5.74, 6) is -0.228. The lowest BCUT2D eigenvalue weighted by molar-refractivity contribution is -0.393. The molecule has 0 atom stereocenters. The molecule has 0 aromatic carbocycles. The molecule has 1 rings (SSSR count). The minimum absolute atomic E-state index is 0.228. The van der Waals surface area contributed by atoms with Crippen molar-refractivity contribution < 1.29 is 4.92 Å². The molecule has 0 radical (unpaired) electrons. The van der Waals surface area contributed by atoms with E-state index in [-0.39, 0.29) is 5.95 Å². The Labute approximate surface area is 62.6 Å². The zero-order chi connectivity index (χ0) is 8.27. The summed E-state index contributed by atoms with van der Waals surface area (Å²) in [6.45, 7) is 0.458. The van der Waals surface area contributed by atoms with Crippen molar-refractivity contribution >= 4 is 5.95 Å². The van der Waals surface area contributed by atoms with Gasteiger partial charge in [-0.2, -0.15) is 0 Å². The maximum Gasteiger partial charge on any atom is 0.432 e. The Morgan fingerprint density at radius 3 is 3.00 bits per heavy atom. The van der Waals surface area contributed by atoms with Gasteiger partial charge in [-0.05, 0) is 11.5 Å². The Morgan fingerprint density at radius 1 is 1.82 bits per heavy atom. The van der Waals surface area contributed by atoms with Crippen LogP contribution in [0.4, 0.5) is 5.95 Å². The third-order valence-electron chi connectivity index (χ3n) is 1.20. The van der Waals surface area contributed by atoms with Gasteiger partial charge in [0.05, 0.1) is 0 Å². The average Bonchev–Trinajstić information content (AvgIpc) is 2.37. The van der Waals surface area contributed by atoms with E-state index in [2.05, 4.69) is 9.97 Å². The fourth-order valence-corrected chi connectivity index (χ4v) is 0.723. The SMILES string of the molecule is NCCc1cnc([N+](=O)[O-])[nH]1. The molecule has 0 bridgehead atoms. The lowest BCUT2D eigenvalue weighted by Crippen LogP contribution is -2.02. The quantitative estimate of drug-likeness (QED) is 0.468. The van der Waals surface area contributed by atoms with Gasteiger partial charge in [-0.1, -0.05) is 4.98 Å². The highest BCUT2D eigenvalue weighted by Gasteiger charge is 2.09. The van der Waals surface area contributed by atoms with Gasteiger partial charge in [0.25, 0.3) is 0 Å². The average molecular weight is 156 g/mol. The predicted molar refractivity (Wildman–Crippen MR) is 38.0 cm³/mol. The second-order valence-electron chi connectivity index (χ2n) is 2.03. The molecule has 3 N–H and O–H groups in total. The number of nitro groups is 1. The first-order valence-electron chi connectivity index (χ1n) is 3.12. The van der Waals surface area contributed by atoms with Gasteiger partial charge in [-0.25, -0.2) is 4.98 Å². The fraction of sp³-hybridized carbons (Fsp3) is 0.400. The van der Waals surface area contributed by atoms with Gasteiger partial charge in [0.2, 0.25) is 0 Å². The van der Waals surface area contributed by atoms with E-state index in [4.69, 9.17) is 5.73 Å². The molecule has 1 heterocycles. The van der Waals surface area contributed by atoms with Gasteiger partial charge in [0.1, 0.15) is 11.9 Å². The van der Waals surface area contributed by atoms with Crippen molar-refractivity contribution in [2.75, 3.05) is 6.54 Å². The number of hydrogen-bond acceptors (Lipinski definition) is 4. The highest BCUT2D eigenvalue weighted by atomic mass is 16.6. The maximum atomic E-state index is 10.1. The molecular formula is C5H8N4O2. The maximum absolute atomic E-state index is 10.1. The van der Waals surface area contributed by atoms with E-state index in [9.17, 15) is 10.1 Å². The molecule has 6 heteroatoms. The molecule has 0 aliphatic rings. The Balaban J connectivity index is 2.73. The van der Waals surface area contributed by atoms with E-state index in [1.807, 2.05) is 0 Å². The Morgan fingerprint density at radius 2 is 2.55 bits per heavy atom. The first kappa shape index (κ1) is 7.67. The largest absolute Gasteiger partial charge is 0.432 e. The van der Waals surface area contributed by atoms with Crippen molar-refractivity contribution in [3.05, 3.63) is 22.0 Å². The summed E-state index contributed by atoms with van der Waals surface area (Å²) in [5, 5.41) is 10.1. The first-order valence-corrected chi connectivity index (χ1v) is 3.12. The number of aromatic nitrogens is 2. The van der Waals surface area contributed by atoms with E-state index in [0.29, 0.717) is 18.7 Å².